The Hall–Kier alpha value is -2.10. The van der Waals surface area contributed by atoms with Gasteiger partial charge in [-0.1, -0.05) is 6.92 Å². The van der Waals surface area contributed by atoms with E-state index in [9.17, 15) is 4.79 Å². The summed E-state index contributed by atoms with van der Waals surface area (Å²) in [6.07, 6.45) is 6.44. The zero-order valence-electron chi connectivity index (χ0n) is 9.55. The number of pyridine rings is 1. The average molecular weight is 231 g/mol. The molecule has 0 aromatic carbocycles. The lowest BCUT2D eigenvalue weighted by Crippen LogP contribution is -1.95. The van der Waals surface area contributed by atoms with E-state index in [0.717, 1.165) is 17.5 Å². The Bertz CT molecular complexity index is 505. The van der Waals surface area contributed by atoms with Crippen molar-refractivity contribution >= 4 is 6.29 Å². The maximum absolute atomic E-state index is 10.8. The van der Waals surface area contributed by atoms with Crippen LogP contribution in [0.2, 0.25) is 0 Å². The van der Waals surface area contributed by atoms with Gasteiger partial charge in [-0.2, -0.15) is 0 Å². The van der Waals surface area contributed by atoms with Gasteiger partial charge in [-0.3, -0.25) is 9.78 Å². The molecular formula is C13H13NO3. The fourth-order valence-corrected chi connectivity index (χ4v) is 1.52. The van der Waals surface area contributed by atoms with Gasteiger partial charge < -0.3 is 9.15 Å². The standard InChI is InChI=1S/C13H13NO3/c1-2-4-16-11-6-10(7-14-8-11)12-3-5-17-13(12)9-15/h3,5-9H,2,4H2,1H3. The lowest BCUT2D eigenvalue weighted by Gasteiger charge is -2.05. The maximum atomic E-state index is 10.8. The van der Waals surface area contributed by atoms with Crippen molar-refractivity contribution in [1.29, 1.82) is 0 Å². The van der Waals surface area contributed by atoms with E-state index in [2.05, 4.69) is 4.98 Å². The van der Waals surface area contributed by atoms with E-state index in [4.69, 9.17) is 9.15 Å². The van der Waals surface area contributed by atoms with Crippen molar-refractivity contribution in [3.05, 3.63) is 36.5 Å². The molecule has 0 saturated heterocycles. The van der Waals surface area contributed by atoms with Crippen LogP contribution in [0, 0.1) is 0 Å². The molecule has 0 fully saturated rings. The van der Waals surface area contributed by atoms with Crippen molar-refractivity contribution in [1.82, 2.24) is 4.98 Å². The molecule has 0 radical (unpaired) electrons. The average Bonchev–Trinajstić information content (AvgIpc) is 2.85. The van der Waals surface area contributed by atoms with E-state index in [1.165, 1.54) is 6.26 Å². The number of aromatic nitrogens is 1. The molecule has 0 aliphatic carbocycles. The van der Waals surface area contributed by atoms with Crippen LogP contribution in [0.1, 0.15) is 23.9 Å². The molecule has 0 bridgehead atoms. The Morgan fingerprint density at radius 1 is 1.47 bits per heavy atom. The summed E-state index contributed by atoms with van der Waals surface area (Å²) in [5.41, 5.74) is 1.55. The van der Waals surface area contributed by atoms with Crippen molar-refractivity contribution < 1.29 is 13.9 Å². The molecule has 2 heterocycles. The van der Waals surface area contributed by atoms with Gasteiger partial charge >= 0.3 is 0 Å². The first-order chi connectivity index (χ1) is 8.35. The summed E-state index contributed by atoms with van der Waals surface area (Å²) < 4.78 is 10.5. The normalized spacial score (nSPS) is 10.2. The molecule has 0 unspecified atom stereocenters. The first-order valence-electron chi connectivity index (χ1n) is 5.46. The van der Waals surface area contributed by atoms with Gasteiger partial charge in [0.1, 0.15) is 5.75 Å². The Kier molecular flexibility index (Phi) is 3.55. The summed E-state index contributed by atoms with van der Waals surface area (Å²) >= 11 is 0. The quantitative estimate of drug-likeness (QED) is 0.742. The minimum atomic E-state index is 0.305. The highest BCUT2D eigenvalue weighted by Gasteiger charge is 2.08. The predicted molar refractivity (Wildman–Crippen MR) is 63.1 cm³/mol. The number of carbonyl (C=O) groups excluding carboxylic acids is 1. The molecular weight excluding hydrogens is 218 g/mol. The fourth-order valence-electron chi connectivity index (χ4n) is 1.52. The molecule has 88 valence electrons. The summed E-state index contributed by atoms with van der Waals surface area (Å²) in [6, 6.07) is 3.59. The summed E-state index contributed by atoms with van der Waals surface area (Å²) in [5, 5.41) is 0. The number of hydrogen-bond donors (Lipinski definition) is 0. The molecule has 0 spiro atoms. The van der Waals surface area contributed by atoms with Crippen molar-refractivity contribution in [2.45, 2.75) is 13.3 Å². The third-order valence-electron chi connectivity index (χ3n) is 2.30. The molecule has 0 amide bonds. The van der Waals surface area contributed by atoms with E-state index >= 15 is 0 Å². The first-order valence-corrected chi connectivity index (χ1v) is 5.46. The smallest absolute Gasteiger partial charge is 0.185 e. The van der Waals surface area contributed by atoms with E-state index in [1.807, 2.05) is 13.0 Å². The number of rotatable bonds is 5. The highest BCUT2D eigenvalue weighted by Crippen LogP contribution is 2.26. The monoisotopic (exact) mass is 231 g/mol. The number of aldehydes is 1. The van der Waals surface area contributed by atoms with Crippen molar-refractivity contribution in [2.24, 2.45) is 0 Å². The van der Waals surface area contributed by atoms with Gasteiger partial charge in [-0.05, 0) is 18.6 Å². The lowest BCUT2D eigenvalue weighted by molar-refractivity contribution is 0.110. The van der Waals surface area contributed by atoms with Crippen molar-refractivity contribution in [3.63, 3.8) is 0 Å². The molecule has 2 rings (SSSR count). The second kappa shape index (κ2) is 5.30. The number of hydrogen-bond acceptors (Lipinski definition) is 4. The number of furan rings is 1. The summed E-state index contributed by atoms with van der Waals surface area (Å²) in [7, 11) is 0. The zero-order valence-corrected chi connectivity index (χ0v) is 9.55. The molecule has 0 atom stereocenters. The lowest BCUT2D eigenvalue weighted by atomic mass is 10.1. The van der Waals surface area contributed by atoms with E-state index < -0.39 is 0 Å². The SMILES string of the molecule is CCCOc1cncc(-c2ccoc2C=O)c1. The molecule has 2 aromatic heterocycles. The van der Waals surface area contributed by atoms with Crippen LogP contribution in [0.25, 0.3) is 11.1 Å². The Balaban J connectivity index is 2.29. The highest BCUT2D eigenvalue weighted by molar-refractivity contribution is 5.84. The Morgan fingerprint density at radius 2 is 2.35 bits per heavy atom. The zero-order chi connectivity index (χ0) is 12.1. The van der Waals surface area contributed by atoms with Crippen LogP contribution in [0.4, 0.5) is 0 Å². The molecule has 2 aromatic rings. The minimum Gasteiger partial charge on any atom is -0.492 e. The fraction of sp³-hybridized carbons (Fsp3) is 0.231. The third-order valence-corrected chi connectivity index (χ3v) is 2.30. The predicted octanol–water partition coefficient (Wildman–Crippen LogP) is 2.94. The molecule has 0 saturated carbocycles. The van der Waals surface area contributed by atoms with E-state index in [-0.39, 0.29) is 0 Å². The maximum Gasteiger partial charge on any atom is 0.185 e. The molecule has 0 aliphatic rings. The number of carbonyl (C=O) groups is 1. The van der Waals surface area contributed by atoms with Crippen LogP contribution in [0.5, 0.6) is 5.75 Å². The van der Waals surface area contributed by atoms with E-state index in [1.54, 1.807) is 18.5 Å². The minimum absolute atomic E-state index is 0.305. The van der Waals surface area contributed by atoms with Gasteiger partial charge in [-0.15, -0.1) is 0 Å². The molecule has 4 nitrogen and oxygen atoms in total. The largest absolute Gasteiger partial charge is 0.492 e. The topological polar surface area (TPSA) is 52.3 Å². The van der Waals surface area contributed by atoms with Crippen LogP contribution in [-0.4, -0.2) is 17.9 Å². The summed E-state index contributed by atoms with van der Waals surface area (Å²) in [5.74, 6) is 1.00. The second-order valence-corrected chi connectivity index (χ2v) is 3.57. The second-order valence-electron chi connectivity index (χ2n) is 3.57. The third kappa shape index (κ3) is 2.53. The van der Waals surface area contributed by atoms with Gasteiger partial charge in [0.2, 0.25) is 0 Å². The van der Waals surface area contributed by atoms with Gasteiger partial charge in [0.05, 0.1) is 19.1 Å². The van der Waals surface area contributed by atoms with Crippen LogP contribution in [0.15, 0.2) is 35.2 Å². The van der Waals surface area contributed by atoms with Crippen LogP contribution < -0.4 is 4.74 Å². The van der Waals surface area contributed by atoms with Gasteiger partial charge in [-0.25, -0.2) is 0 Å². The van der Waals surface area contributed by atoms with Gasteiger partial charge in [0.25, 0.3) is 0 Å². The summed E-state index contributed by atoms with van der Waals surface area (Å²) in [4.78, 5) is 14.9. The van der Waals surface area contributed by atoms with Crippen LogP contribution in [0.3, 0.4) is 0 Å². The molecule has 17 heavy (non-hydrogen) atoms. The molecule has 0 N–H and O–H groups in total. The number of nitrogens with zero attached hydrogens (tertiary/aromatic N) is 1. The Labute approximate surface area is 99.2 Å². The van der Waals surface area contributed by atoms with Crippen LogP contribution >= 0.6 is 0 Å². The molecule has 4 heteroatoms. The first kappa shape index (κ1) is 11.4. The van der Waals surface area contributed by atoms with Crippen molar-refractivity contribution in [3.8, 4) is 16.9 Å². The van der Waals surface area contributed by atoms with Gasteiger partial charge in [0, 0.05) is 17.3 Å². The Morgan fingerprint density at radius 3 is 3.12 bits per heavy atom. The van der Waals surface area contributed by atoms with E-state index in [0.29, 0.717) is 24.4 Å². The van der Waals surface area contributed by atoms with Crippen LogP contribution in [-0.2, 0) is 0 Å². The number of ether oxygens (including phenoxy) is 1. The summed E-state index contributed by atoms with van der Waals surface area (Å²) in [6.45, 7) is 2.69. The van der Waals surface area contributed by atoms with Crippen molar-refractivity contribution in [2.75, 3.05) is 6.61 Å². The van der Waals surface area contributed by atoms with Gasteiger partial charge in [0.15, 0.2) is 12.0 Å². The highest BCUT2D eigenvalue weighted by atomic mass is 16.5. The molecule has 0 aliphatic heterocycles.